The predicted octanol–water partition coefficient (Wildman–Crippen LogP) is 1.47. The summed E-state index contributed by atoms with van der Waals surface area (Å²) < 4.78 is 0. The number of nitrogens with zero attached hydrogens (tertiary/aromatic N) is 3. The lowest BCUT2D eigenvalue weighted by molar-refractivity contribution is 0.0951. The smallest absolute Gasteiger partial charge is 0.251 e. The second-order valence-electron chi connectivity index (χ2n) is 4.34. The Morgan fingerprint density at radius 3 is 2.63 bits per heavy atom. The van der Waals surface area contributed by atoms with E-state index in [0.29, 0.717) is 12.1 Å². The van der Waals surface area contributed by atoms with Crippen LogP contribution in [-0.2, 0) is 6.54 Å². The molecule has 2 aromatic rings. The molecule has 0 unspecified atom stereocenters. The Morgan fingerprint density at radius 1 is 1.21 bits per heavy atom. The van der Waals surface area contributed by atoms with Crippen LogP contribution in [0, 0.1) is 0 Å². The number of anilines is 1. The average Bonchev–Trinajstić information content (AvgIpc) is 2.46. The number of rotatable bonds is 4. The van der Waals surface area contributed by atoms with Gasteiger partial charge in [-0.2, -0.15) is 0 Å². The van der Waals surface area contributed by atoms with Crippen molar-refractivity contribution in [1.29, 1.82) is 0 Å². The van der Waals surface area contributed by atoms with Crippen molar-refractivity contribution in [3.05, 3.63) is 54.0 Å². The van der Waals surface area contributed by atoms with Crippen LogP contribution in [0.1, 0.15) is 15.9 Å². The number of pyridine rings is 2. The zero-order valence-electron chi connectivity index (χ0n) is 11.0. The van der Waals surface area contributed by atoms with E-state index < -0.39 is 0 Å². The highest BCUT2D eigenvalue weighted by Crippen LogP contribution is 2.09. The van der Waals surface area contributed by atoms with Crippen molar-refractivity contribution < 1.29 is 4.79 Å². The summed E-state index contributed by atoms with van der Waals surface area (Å²) in [6.07, 6.45) is 4.94. The number of carbonyl (C=O) groups is 1. The lowest BCUT2D eigenvalue weighted by Gasteiger charge is -2.12. The maximum atomic E-state index is 11.9. The molecule has 2 aromatic heterocycles. The van der Waals surface area contributed by atoms with Gasteiger partial charge in [0, 0.05) is 44.8 Å². The zero-order chi connectivity index (χ0) is 13.7. The molecule has 0 aliphatic carbocycles. The number of carbonyl (C=O) groups excluding carboxylic acids is 1. The largest absolute Gasteiger partial charge is 0.363 e. The van der Waals surface area contributed by atoms with Crippen molar-refractivity contribution in [3.8, 4) is 0 Å². The second kappa shape index (κ2) is 5.95. The summed E-state index contributed by atoms with van der Waals surface area (Å²) in [5.41, 5.74) is 1.62. The van der Waals surface area contributed by atoms with Gasteiger partial charge in [0.2, 0.25) is 0 Å². The van der Waals surface area contributed by atoms with E-state index in [-0.39, 0.29) is 5.91 Å². The molecule has 0 aliphatic rings. The SMILES string of the molecule is CN(C)c1cc(CNC(=O)c2ccncc2)ccn1. The Balaban J connectivity index is 1.99. The van der Waals surface area contributed by atoms with Crippen LogP contribution >= 0.6 is 0 Å². The van der Waals surface area contributed by atoms with Gasteiger partial charge in [0.25, 0.3) is 5.91 Å². The minimum absolute atomic E-state index is 0.106. The number of hydrogen-bond donors (Lipinski definition) is 1. The third-order valence-electron chi connectivity index (χ3n) is 2.66. The summed E-state index contributed by atoms with van der Waals surface area (Å²) in [4.78, 5) is 21.9. The molecule has 0 saturated carbocycles. The highest BCUT2D eigenvalue weighted by molar-refractivity contribution is 5.93. The second-order valence-corrected chi connectivity index (χ2v) is 4.34. The lowest BCUT2D eigenvalue weighted by Crippen LogP contribution is -2.23. The van der Waals surface area contributed by atoms with Crippen LogP contribution in [0.4, 0.5) is 5.82 Å². The molecule has 0 radical (unpaired) electrons. The number of hydrogen-bond acceptors (Lipinski definition) is 4. The Labute approximate surface area is 112 Å². The molecule has 0 bridgehead atoms. The standard InChI is InChI=1S/C14H16N4O/c1-18(2)13-9-11(3-8-16-13)10-17-14(19)12-4-6-15-7-5-12/h3-9H,10H2,1-2H3,(H,17,19). The lowest BCUT2D eigenvalue weighted by atomic mass is 10.2. The molecule has 1 N–H and O–H groups in total. The topological polar surface area (TPSA) is 58.1 Å². The highest BCUT2D eigenvalue weighted by atomic mass is 16.1. The predicted molar refractivity (Wildman–Crippen MR) is 74.0 cm³/mol. The molecule has 0 fully saturated rings. The molecule has 0 saturated heterocycles. The first-order chi connectivity index (χ1) is 9.16. The van der Waals surface area contributed by atoms with Crippen LogP contribution in [0.25, 0.3) is 0 Å². The summed E-state index contributed by atoms with van der Waals surface area (Å²) in [6.45, 7) is 0.477. The number of nitrogens with one attached hydrogen (secondary N) is 1. The molecule has 2 rings (SSSR count). The summed E-state index contributed by atoms with van der Waals surface area (Å²) in [5.74, 6) is 0.765. The van der Waals surface area contributed by atoms with Gasteiger partial charge in [-0.25, -0.2) is 4.98 Å². The van der Waals surface area contributed by atoms with E-state index in [1.807, 2.05) is 31.1 Å². The normalized spacial score (nSPS) is 10.0. The van der Waals surface area contributed by atoms with Crippen molar-refractivity contribution in [3.63, 3.8) is 0 Å². The molecular formula is C14H16N4O. The van der Waals surface area contributed by atoms with Crippen LogP contribution in [0.2, 0.25) is 0 Å². The van der Waals surface area contributed by atoms with Crippen LogP contribution in [0.5, 0.6) is 0 Å². The van der Waals surface area contributed by atoms with Crippen molar-refractivity contribution in [2.24, 2.45) is 0 Å². The molecule has 2 heterocycles. The van der Waals surface area contributed by atoms with Crippen LogP contribution in [0.3, 0.4) is 0 Å². The van der Waals surface area contributed by atoms with Crippen LogP contribution in [0.15, 0.2) is 42.9 Å². The fourth-order valence-corrected chi connectivity index (χ4v) is 1.60. The van der Waals surface area contributed by atoms with E-state index in [1.54, 1.807) is 30.7 Å². The molecule has 1 amide bonds. The minimum atomic E-state index is -0.106. The van der Waals surface area contributed by atoms with Crippen molar-refractivity contribution >= 4 is 11.7 Å². The van der Waals surface area contributed by atoms with E-state index in [1.165, 1.54) is 0 Å². The van der Waals surface area contributed by atoms with Crippen molar-refractivity contribution in [2.75, 3.05) is 19.0 Å². The maximum Gasteiger partial charge on any atom is 0.251 e. The van der Waals surface area contributed by atoms with Crippen LogP contribution < -0.4 is 10.2 Å². The minimum Gasteiger partial charge on any atom is -0.363 e. The Hall–Kier alpha value is -2.43. The monoisotopic (exact) mass is 256 g/mol. The van der Waals surface area contributed by atoms with Gasteiger partial charge in [0.1, 0.15) is 5.82 Å². The summed E-state index contributed by atoms with van der Waals surface area (Å²) in [6, 6.07) is 7.22. The zero-order valence-corrected chi connectivity index (χ0v) is 11.0. The van der Waals surface area contributed by atoms with Gasteiger partial charge >= 0.3 is 0 Å². The molecular weight excluding hydrogens is 240 g/mol. The van der Waals surface area contributed by atoms with E-state index in [2.05, 4.69) is 15.3 Å². The van der Waals surface area contributed by atoms with Gasteiger partial charge in [-0.1, -0.05) is 0 Å². The Morgan fingerprint density at radius 2 is 1.95 bits per heavy atom. The maximum absolute atomic E-state index is 11.9. The van der Waals surface area contributed by atoms with Crippen molar-refractivity contribution in [1.82, 2.24) is 15.3 Å². The third kappa shape index (κ3) is 3.51. The Kier molecular flexibility index (Phi) is 4.07. The van der Waals surface area contributed by atoms with Gasteiger partial charge in [-0.15, -0.1) is 0 Å². The molecule has 0 atom stereocenters. The third-order valence-corrected chi connectivity index (χ3v) is 2.66. The van der Waals surface area contributed by atoms with E-state index in [4.69, 9.17) is 0 Å². The summed E-state index contributed by atoms with van der Waals surface area (Å²) in [5, 5.41) is 2.87. The van der Waals surface area contributed by atoms with Crippen molar-refractivity contribution in [2.45, 2.75) is 6.54 Å². The van der Waals surface area contributed by atoms with E-state index >= 15 is 0 Å². The Bertz CT molecular complexity index is 554. The van der Waals surface area contributed by atoms with Gasteiger partial charge in [0.15, 0.2) is 0 Å². The first kappa shape index (κ1) is 13.0. The molecule has 0 spiro atoms. The summed E-state index contributed by atoms with van der Waals surface area (Å²) in [7, 11) is 3.86. The average molecular weight is 256 g/mol. The fraction of sp³-hybridized carbons (Fsp3) is 0.214. The molecule has 98 valence electrons. The van der Waals surface area contributed by atoms with Gasteiger partial charge < -0.3 is 10.2 Å². The molecule has 0 aliphatic heterocycles. The van der Waals surface area contributed by atoms with E-state index in [0.717, 1.165) is 11.4 Å². The quantitative estimate of drug-likeness (QED) is 0.900. The van der Waals surface area contributed by atoms with E-state index in [9.17, 15) is 4.79 Å². The van der Waals surface area contributed by atoms with Gasteiger partial charge in [-0.3, -0.25) is 9.78 Å². The highest BCUT2D eigenvalue weighted by Gasteiger charge is 2.05. The molecule has 5 nitrogen and oxygen atoms in total. The van der Waals surface area contributed by atoms with Gasteiger partial charge in [0.05, 0.1) is 0 Å². The number of amides is 1. The fourth-order valence-electron chi connectivity index (χ4n) is 1.60. The summed E-state index contributed by atoms with van der Waals surface area (Å²) >= 11 is 0. The first-order valence-corrected chi connectivity index (χ1v) is 5.97. The molecule has 19 heavy (non-hydrogen) atoms. The number of aromatic nitrogens is 2. The first-order valence-electron chi connectivity index (χ1n) is 5.97. The van der Waals surface area contributed by atoms with Gasteiger partial charge in [-0.05, 0) is 29.8 Å². The van der Waals surface area contributed by atoms with Crippen LogP contribution in [-0.4, -0.2) is 30.0 Å². The molecule has 0 aromatic carbocycles. The molecule has 5 heteroatoms.